The first kappa shape index (κ1) is 16.1. The predicted octanol–water partition coefficient (Wildman–Crippen LogP) is 2.73. The molecule has 0 aromatic heterocycles. The Balaban J connectivity index is 1.61. The van der Waals surface area contributed by atoms with Gasteiger partial charge in [0, 0.05) is 56.6 Å². The van der Waals surface area contributed by atoms with Crippen LogP contribution in [0.5, 0.6) is 5.75 Å². The molecule has 1 aromatic carbocycles. The molecule has 0 saturated carbocycles. The highest BCUT2D eigenvalue weighted by atomic mass is 16.3. The van der Waals surface area contributed by atoms with Gasteiger partial charge in [0.1, 0.15) is 5.75 Å². The topological polar surface area (TPSA) is 47.0 Å². The molecule has 1 aromatic rings. The number of phenolic OH excluding ortho intramolecular Hbond substituents is 1. The maximum atomic E-state index is 12.7. The van der Waals surface area contributed by atoms with E-state index in [0.29, 0.717) is 0 Å². The Morgan fingerprint density at radius 3 is 2.64 bits per heavy atom. The molecule has 25 heavy (non-hydrogen) atoms. The highest BCUT2D eigenvalue weighted by Crippen LogP contribution is 2.44. The molecular weight excluding hydrogens is 314 g/mol. The van der Waals surface area contributed by atoms with Crippen molar-refractivity contribution in [3.63, 3.8) is 0 Å². The second-order valence-electron chi connectivity index (χ2n) is 7.35. The van der Waals surface area contributed by atoms with Crippen molar-refractivity contribution in [2.45, 2.75) is 19.8 Å². The van der Waals surface area contributed by atoms with Crippen molar-refractivity contribution in [2.75, 3.05) is 43.5 Å². The first-order valence-corrected chi connectivity index (χ1v) is 8.99. The van der Waals surface area contributed by atoms with E-state index < -0.39 is 0 Å². The Hall–Kier alpha value is -2.43. The third kappa shape index (κ3) is 2.49. The SMILES string of the molecule is CC1C(C(=O)N2CCC2)=CC2=C1N(c1ccc(O)c(N(C)C)c1)CC2. The average molecular weight is 339 g/mol. The molecule has 4 rings (SSSR count). The molecule has 5 nitrogen and oxygen atoms in total. The summed E-state index contributed by atoms with van der Waals surface area (Å²) in [6, 6.07) is 5.73. The summed E-state index contributed by atoms with van der Waals surface area (Å²) in [5, 5.41) is 10.1. The number of benzene rings is 1. The molecule has 1 saturated heterocycles. The van der Waals surface area contributed by atoms with Crippen LogP contribution in [0, 0.1) is 5.92 Å². The monoisotopic (exact) mass is 339 g/mol. The van der Waals surface area contributed by atoms with Crippen LogP contribution in [0.1, 0.15) is 19.8 Å². The van der Waals surface area contributed by atoms with Crippen molar-refractivity contribution >= 4 is 17.3 Å². The summed E-state index contributed by atoms with van der Waals surface area (Å²) in [5.41, 5.74) is 5.35. The van der Waals surface area contributed by atoms with Crippen molar-refractivity contribution < 1.29 is 9.90 Å². The van der Waals surface area contributed by atoms with Crippen LogP contribution >= 0.6 is 0 Å². The molecule has 0 spiro atoms. The molecule has 1 fully saturated rings. The lowest BCUT2D eigenvalue weighted by Gasteiger charge is -2.33. The number of allylic oxidation sites excluding steroid dienone is 2. The Kier molecular flexibility index (Phi) is 3.74. The molecule has 1 aliphatic carbocycles. The minimum absolute atomic E-state index is 0.127. The van der Waals surface area contributed by atoms with Crippen LogP contribution in [0.2, 0.25) is 0 Å². The zero-order valence-corrected chi connectivity index (χ0v) is 15.1. The number of rotatable bonds is 3. The van der Waals surface area contributed by atoms with Gasteiger partial charge in [-0.15, -0.1) is 0 Å². The van der Waals surface area contributed by atoms with E-state index in [-0.39, 0.29) is 17.6 Å². The van der Waals surface area contributed by atoms with E-state index in [1.165, 1.54) is 11.3 Å². The van der Waals surface area contributed by atoms with Crippen molar-refractivity contribution in [3.8, 4) is 5.75 Å². The molecule has 132 valence electrons. The van der Waals surface area contributed by atoms with E-state index in [1.807, 2.05) is 36.0 Å². The number of phenols is 1. The summed E-state index contributed by atoms with van der Waals surface area (Å²) in [6.45, 7) is 4.84. The summed E-state index contributed by atoms with van der Waals surface area (Å²) in [4.78, 5) is 18.8. The third-order valence-corrected chi connectivity index (χ3v) is 5.57. The number of nitrogens with zero attached hydrogens (tertiary/aromatic N) is 3. The van der Waals surface area contributed by atoms with E-state index in [2.05, 4.69) is 17.9 Å². The molecule has 1 amide bonds. The fraction of sp³-hybridized carbons (Fsp3) is 0.450. The molecule has 0 bridgehead atoms. The summed E-state index contributed by atoms with van der Waals surface area (Å²) >= 11 is 0. The van der Waals surface area contributed by atoms with Crippen LogP contribution in [0.3, 0.4) is 0 Å². The first-order chi connectivity index (χ1) is 12.0. The Labute approximate surface area is 148 Å². The van der Waals surface area contributed by atoms with Crippen molar-refractivity contribution in [2.24, 2.45) is 5.92 Å². The van der Waals surface area contributed by atoms with Crippen LogP contribution in [-0.4, -0.2) is 49.6 Å². The van der Waals surface area contributed by atoms with E-state index in [4.69, 9.17) is 0 Å². The van der Waals surface area contributed by atoms with Gasteiger partial charge in [0.15, 0.2) is 0 Å². The van der Waals surface area contributed by atoms with Crippen LogP contribution in [-0.2, 0) is 4.79 Å². The molecule has 2 aliphatic heterocycles. The molecule has 0 radical (unpaired) electrons. The molecule has 3 aliphatic rings. The Bertz CT molecular complexity index is 790. The fourth-order valence-electron chi connectivity index (χ4n) is 4.03. The number of amides is 1. The summed E-state index contributed by atoms with van der Waals surface area (Å²) in [5.74, 6) is 0.614. The van der Waals surface area contributed by atoms with Gasteiger partial charge < -0.3 is 19.8 Å². The van der Waals surface area contributed by atoms with Crippen molar-refractivity contribution in [1.29, 1.82) is 0 Å². The number of aromatic hydroxyl groups is 1. The lowest BCUT2D eigenvalue weighted by atomic mass is 9.99. The third-order valence-electron chi connectivity index (χ3n) is 5.57. The van der Waals surface area contributed by atoms with Crippen LogP contribution in [0.15, 0.2) is 41.1 Å². The fourth-order valence-corrected chi connectivity index (χ4v) is 4.03. The summed E-state index contributed by atoms with van der Waals surface area (Å²) in [6.07, 6.45) is 4.20. The van der Waals surface area contributed by atoms with Gasteiger partial charge in [-0.05, 0) is 42.7 Å². The number of carbonyl (C=O) groups is 1. The smallest absolute Gasteiger partial charge is 0.250 e. The van der Waals surface area contributed by atoms with Gasteiger partial charge in [0.25, 0.3) is 0 Å². The molecule has 1 unspecified atom stereocenters. The predicted molar refractivity (Wildman–Crippen MR) is 99.9 cm³/mol. The van der Waals surface area contributed by atoms with Gasteiger partial charge in [-0.3, -0.25) is 4.79 Å². The second kappa shape index (κ2) is 5.83. The van der Waals surface area contributed by atoms with Gasteiger partial charge in [0.05, 0.1) is 5.69 Å². The Morgan fingerprint density at radius 1 is 1.24 bits per heavy atom. The average Bonchev–Trinajstić information content (AvgIpc) is 3.06. The first-order valence-electron chi connectivity index (χ1n) is 8.99. The molecular formula is C20H25N3O2. The zero-order chi connectivity index (χ0) is 17.7. The largest absolute Gasteiger partial charge is 0.506 e. The minimum Gasteiger partial charge on any atom is -0.506 e. The molecule has 1 atom stereocenters. The lowest BCUT2D eigenvalue weighted by molar-refractivity contribution is -0.130. The number of likely N-dealkylation sites (tertiary alicyclic amines) is 1. The second-order valence-corrected chi connectivity index (χ2v) is 7.35. The Morgan fingerprint density at radius 2 is 2.00 bits per heavy atom. The maximum Gasteiger partial charge on any atom is 0.250 e. The minimum atomic E-state index is 0.127. The maximum absolute atomic E-state index is 12.7. The number of anilines is 2. The highest BCUT2D eigenvalue weighted by Gasteiger charge is 2.38. The normalized spacial score (nSPS) is 22.0. The van der Waals surface area contributed by atoms with Crippen LogP contribution < -0.4 is 9.80 Å². The zero-order valence-electron chi connectivity index (χ0n) is 15.1. The highest BCUT2D eigenvalue weighted by molar-refractivity contribution is 5.97. The van der Waals surface area contributed by atoms with Gasteiger partial charge in [-0.25, -0.2) is 0 Å². The number of carbonyl (C=O) groups excluding carboxylic acids is 1. The molecule has 1 N–H and O–H groups in total. The van der Waals surface area contributed by atoms with Gasteiger partial charge >= 0.3 is 0 Å². The van der Waals surface area contributed by atoms with Crippen LogP contribution in [0.25, 0.3) is 0 Å². The van der Waals surface area contributed by atoms with E-state index >= 15 is 0 Å². The lowest BCUT2D eigenvalue weighted by Crippen LogP contribution is -2.43. The van der Waals surface area contributed by atoms with Crippen molar-refractivity contribution in [3.05, 3.63) is 41.1 Å². The van der Waals surface area contributed by atoms with E-state index in [0.717, 1.165) is 49.4 Å². The van der Waals surface area contributed by atoms with E-state index in [9.17, 15) is 9.90 Å². The summed E-state index contributed by atoms with van der Waals surface area (Å²) < 4.78 is 0. The summed E-state index contributed by atoms with van der Waals surface area (Å²) in [7, 11) is 3.86. The molecule has 2 heterocycles. The van der Waals surface area contributed by atoms with Gasteiger partial charge in [0.2, 0.25) is 5.91 Å². The van der Waals surface area contributed by atoms with Gasteiger partial charge in [-0.2, -0.15) is 0 Å². The van der Waals surface area contributed by atoms with Gasteiger partial charge in [-0.1, -0.05) is 6.92 Å². The number of hydrogen-bond acceptors (Lipinski definition) is 4. The molecule has 5 heteroatoms. The standard InChI is InChI=1S/C20H25N3O2/c1-13-16(20(25)22-8-4-9-22)11-14-7-10-23(19(13)14)15-5-6-18(24)17(12-15)21(2)3/h5-6,11-13,24H,4,7-10H2,1-3H3. The van der Waals surface area contributed by atoms with E-state index in [1.54, 1.807) is 6.07 Å². The van der Waals surface area contributed by atoms with Crippen molar-refractivity contribution in [1.82, 2.24) is 4.90 Å². The number of hydrogen-bond donors (Lipinski definition) is 1. The van der Waals surface area contributed by atoms with Crippen LogP contribution in [0.4, 0.5) is 11.4 Å². The quantitative estimate of drug-likeness (QED) is 0.920.